The summed E-state index contributed by atoms with van der Waals surface area (Å²) in [6.45, 7) is 0. The first-order valence-corrected chi connectivity index (χ1v) is 5.80. The predicted octanol–water partition coefficient (Wildman–Crippen LogP) is 2.91. The van der Waals surface area contributed by atoms with Crippen LogP contribution in [0.4, 0.5) is 0 Å². The molecule has 5 heteroatoms. The van der Waals surface area contributed by atoms with E-state index in [-0.39, 0.29) is 6.15 Å². The number of hydrogen-bond acceptors (Lipinski definition) is 5. The lowest BCUT2D eigenvalue weighted by molar-refractivity contribution is 0.391. The summed E-state index contributed by atoms with van der Waals surface area (Å²) >= 11 is 1.65. The number of rotatable bonds is 4. The van der Waals surface area contributed by atoms with Gasteiger partial charge in [0.05, 0.1) is 19.2 Å². The Labute approximate surface area is 105 Å². The summed E-state index contributed by atoms with van der Waals surface area (Å²) < 4.78 is 10.5. The Hall–Kier alpha value is -1.59. The molecule has 0 bridgehead atoms. The van der Waals surface area contributed by atoms with E-state index in [0.717, 1.165) is 28.5 Å². The van der Waals surface area contributed by atoms with Crippen molar-refractivity contribution in [1.82, 2.24) is 11.1 Å². The summed E-state index contributed by atoms with van der Waals surface area (Å²) in [5, 5.41) is 3.06. The average molecular weight is 252 g/mol. The molecule has 1 aromatic carbocycles. The molecule has 0 atom stereocenters. The number of hydrogen-bond donors (Lipinski definition) is 1. The molecule has 0 aliphatic rings. The predicted molar refractivity (Wildman–Crippen MR) is 69.5 cm³/mol. The van der Waals surface area contributed by atoms with Crippen LogP contribution in [0.1, 0.15) is 10.6 Å². The van der Waals surface area contributed by atoms with Gasteiger partial charge in [0, 0.05) is 29.6 Å². The molecule has 0 unspecified atom stereocenters. The molecule has 2 rings (SSSR count). The topological polar surface area (TPSA) is 66.3 Å². The van der Waals surface area contributed by atoms with Crippen LogP contribution < -0.4 is 15.6 Å². The van der Waals surface area contributed by atoms with E-state index in [0.29, 0.717) is 0 Å². The first-order valence-electron chi connectivity index (χ1n) is 4.92. The van der Waals surface area contributed by atoms with Crippen LogP contribution in [0.15, 0.2) is 29.8 Å². The summed E-state index contributed by atoms with van der Waals surface area (Å²) in [6.07, 6.45) is 2.61. The van der Waals surface area contributed by atoms with Crippen LogP contribution in [0.5, 0.6) is 11.5 Å². The Morgan fingerprint density at radius 1 is 1.24 bits per heavy atom. The molecule has 92 valence electrons. The summed E-state index contributed by atoms with van der Waals surface area (Å²) in [5.41, 5.74) is 1.12. The molecular weight excluding hydrogens is 236 g/mol. The molecule has 17 heavy (non-hydrogen) atoms. The number of thiazole rings is 1. The summed E-state index contributed by atoms with van der Waals surface area (Å²) in [5.74, 6) is 1.65. The van der Waals surface area contributed by atoms with Crippen LogP contribution in [0.3, 0.4) is 0 Å². The van der Waals surface area contributed by atoms with Crippen LogP contribution in [0.2, 0.25) is 0 Å². The van der Waals surface area contributed by atoms with Crippen molar-refractivity contribution < 1.29 is 9.47 Å². The van der Waals surface area contributed by atoms with Crippen LogP contribution in [-0.4, -0.2) is 19.2 Å². The van der Waals surface area contributed by atoms with E-state index in [1.807, 2.05) is 29.8 Å². The fraction of sp³-hybridized carbons (Fsp3) is 0.250. The zero-order chi connectivity index (χ0) is 11.4. The summed E-state index contributed by atoms with van der Waals surface area (Å²) in [7, 11) is 3.31. The standard InChI is InChI=1S/C12H13NO2S.H3N/c1-14-10-4-3-9(11(8-10)15-2)7-12-13-5-6-16-12;/h3-6,8H,7H2,1-2H3;1H3. The fourth-order valence-corrected chi connectivity index (χ4v) is 2.14. The van der Waals surface area contributed by atoms with E-state index in [4.69, 9.17) is 9.47 Å². The second kappa shape index (κ2) is 6.22. The third-order valence-electron chi connectivity index (χ3n) is 2.32. The largest absolute Gasteiger partial charge is 0.497 e. The molecule has 2 aromatic rings. The smallest absolute Gasteiger partial charge is 0.126 e. The minimum absolute atomic E-state index is 0. The van der Waals surface area contributed by atoms with Crippen LogP contribution in [0.25, 0.3) is 0 Å². The molecule has 0 aliphatic carbocycles. The van der Waals surface area contributed by atoms with Crippen molar-refractivity contribution in [2.24, 2.45) is 0 Å². The van der Waals surface area contributed by atoms with E-state index in [1.165, 1.54) is 0 Å². The van der Waals surface area contributed by atoms with Gasteiger partial charge < -0.3 is 15.6 Å². The highest BCUT2D eigenvalue weighted by molar-refractivity contribution is 7.09. The van der Waals surface area contributed by atoms with Crippen molar-refractivity contribution in [2.75, 3.05) is 14.2 Å². The number of aromatic nitrogens is 1. The maximum absolute atomic E-state index is 5.33. The second-order valence-corrected chi connectivity index (χ2v) is 4.26. The molecule has 4 nitrogen and oxygen atoms in total. The van der Waals surface area contributed by atoms with Crippen molar-refractivity contribution in [2.45, 2.75) is 6.42 Å². The molecule has 0 spiro atoms. The van der Waals surface area contributed by atoms with E-state index in [2.05, 4.69) is 4.98 Å². The molecule has 0 amide bonds. The lowest BCUT2D eigenvalue weighted by Crippen LogP contribution is -1.94. The molecule has 1 aromatic heterocycles. The Balaban J connectivity index is 0.00000144. The third kappa shape index (κ3) is 3.18. The van der Waals surface area contributed by atoms with Crippen LogP contribution >= 0.6 is 11.3 Å². The number of methoxy groups -OCH3 is 2. The Bertz CT molecular complexity index is 458. The molecule has 0 radical (unpaired) electrons. The highest BCUT2D eigenvalue weighted by Gasteiger charge is 2.07. The van der Waals surface area contributed by atoms with Gasteiger partial charge in [-0.2, -0.15) is 0 Å². The fourth-order valence-electron chi connectivity index (χ4n) is 1.50. The average Bonchev–Trinajstić information content (AvgIpc) is 2.82. The van der Waals surface area contributed by atoms with E-state index in [9.17, 15) is 0 Å². The first kappa shape index (κ1) is 13.5. The number of ether oxygens (including phenoxy) is 2. The highest BCUT2D eigenvalue weighted by atomic mass is 32.1. The zero-order valence-corrected chi connectivity index (χ0v) is 10.8. The van der Waals surface area contributed by atoms with Gasteiger partial charge in [0.15, 0.2) is 0 Å². The molecule has 1 heterocycles. The van der Waals surface area contributed by atoms with Gasteiger partial charge in [0.25, 0.3) is 0 Å². The van der Waals surface area contributed by atoms with Crippen molar-refractivity contribution in [3.63, 3.8) is 0 Å². The van der Waals surface area contributed by atoms with Crippen LogP contribution in [0, 0.1) is 0 Å². The van der Waals surface area contributed by atoms with Gasteiger partial charge in [-0.05, 0) is 6.07 Å². The Kier molecular flexibility index (Phi) is 4.93. The monoisotopic (exact) mass is 252 g/mol. The minimum atomic E-state index is 0. The van der Waals surface area contributed by atoms with Gasteiger partial charge in [0.2, 0.25) is 0 Å². The second-order valence-electron chi connectivity index (χ2n) is 3.28. The highest BCUT2D eigenvalue weighted by Crippen LogP contribution is 2.26. The van der Waals surface area contributed by atoms with E-state index < -0.39 is 0 Å². The zero-order valence-electron chi connectivity index (χ0n) is 9.97. The lowest BCUT2D eigenvalue weighted by Gasteiger charge is -2.09. The van der Waals surface area contributed by atoms with Gasteiger partial charge in [-0.25, -0.2) is 4.98 Å². The quantitative estimate of drug-likeness (QED) is 0.908. The lowest BCUT2D eigenvalue weighted by atomic mass is 10.1. The molecule has 0 saturated carbocycles. The molecule has 0 saturated heterocycles. The third-order valence-corrected chi connectivity index (χ3v) is 3.10. The SMILES string of the molecule is COc1ccc(Cc2nccs2)c(OC)c1.N. The van der Waals surface area contributed by atoms with Gasteiger partial charge in [-0.15, -0.1) is 11.3 Å². The van der Waals surface area contributed by atoms with Crippen LogP contribution in [-0.2, 0) is 6.42 Å². The maximum atomic E-state index is 5.33. The van der Waals surface area contributed by atoms with Gasteiger partial charge in [-0.1, -0.05) is 6.07 Å². The molecular formula is C12H16N2O2S. The van der Waals surface area contributed by atoms with Crippen molar-refractivity contribution in [1.29, 1.82) is 0 Å². The van der Waals surface area contributed by atoms with E-state index >= 15 is 0 Å². The number of nitrogens with zero attached hydrogens (tertiary/aromatic N) is 1. The summed E-state index contributed by atoms with van der Waals surface area (Å²) in [4.78, 5) is 4.26. The van der Waals surface area contributed by atoms with Crippen molar-refractivity contribution >= 4 is 11.3 Å². The van der Waals surface area contributed by atoms with Gasteiger partial charge in [-0.3, -0.25) is 0 Å². The maximum Gasteiger partial charge on any atom is 0.126 e. The van der Waals surface area contributed by atoms with Crippen molar-refractivity contribution in [3.8, 4) is 11.5 Å². The summed E-state index contributed by atoms with van der Waals surface area (Å²) in [6, 6.07) is 5.84. The van der Waals surface area contributed by atoms with Crippen molar-refractivity contribution in [3.05, 3.63) is 40.3 Å². The Morgan fingerprint density at radius 2 is 2.06 bits per heavy atom. The van der Waals surface area contributed by atoms with Gasteiger partial charge >= 0.3 is 0 Å². The molecule has 0 aliphatic heterocycles. The Morgan fingerprint density at radius 3 is 2.65 bits per heavy atom. The normalized spacial score (nSPS) is 9.53. The molecule has 0 fully saturated rings. The molecule has 3 N–H and O–H groups in total. The van der Waals surface area contributed by atoms with Gasteiger partial charge in [0.1, 0.15) is 11.5 Å². The minimum Gasteiger partial charge on any atom is -0.497 e. The number of benzene rings is 1. The van der Waals surface area contributed by atoms with E-state index in [1.54, 1.807) is 25.6 Å². The first-order chi connectivity index (χ1) is 7.83.